The lowest BCUT2D eigenvalue weighted by Gasteiger charge is -2.02. The molecule has 0 radical (unpaired) electrons. The zero-order chi connectivity index (χ0) is 13.1. The van der Waals surface area contributed by atoms with E-state index in [2.05, 4.69) is 11.1 Å². The van der Waals surface area contributed by atoms with Gasteiger partial charge in [0.05, 0.1) is 10.7 Å². The number of aryl methyl sites for hydroxylation is 1. The van der Waals surface area contributed by atoms with E-state index in [1.54, 1.807) is 0 Å². The van der Waals surface area contributed by atoms with E-state index >= 15 is 0 Å². The van der Waals surface area contributed by atoms with Crippen molar-refractivity contribution < 1.29 is 9.90 Å². The lowest BCUT2D eigenvalue weighted by atomic mass is 10.1. The molecule has 0 aliphatic carbocycles. The fourth-order valence-corrected chi connectivity index (χ4v) is 2.48. The van der Waals surface area contributed by atoms with E-state index in [4.69, 9.17) is 10.8 Å². The number of benzene rings is 1. The molecule has 0 saturated carbocycles. The van der Waals surface area contributed by atoms with Crippen molar-refractivity contribution in [3.05, 3.63) is 40.2 Å². The van der Waals surface area contributed by atoms with Gasteiger partial charge in [-0.2, -0.15) is 0 Å². The molecule has 0 bridgehead atoms. The summed E-state index contributed by atoms with van der Waals surface area (Å²) in [6.07, 6.45) is 0.270. The average Bonchev–Trinajstić information content (AvgIpc) is 2.77. The fourth-order valence-electron chi connectivity index (χ4n) is 1.62. The first-order chi connectivity index (χ1) is 8.56. The first-order valence-corrected chi connectivity index (χ1v) is 6.44. The maximum Gasteiger partial charge on any atom is 0.320 e. The number of rotatable bonds is 4. The summed E-state index contributed by atoms with van der Waals surface area (Å²) >= 11 is 1.44. The minimum Gasteiger partial charge on any atom is -0.480 e. The van der Waals surface area contributed by atoms with Crippen LogP contribution >= 0.6 is 11.3 Å². The van der Waals surface area contributed by atoms with Crippen LogP contribution in [0.5, 0.6) is 0 Å². The van der Waals surface area contributed by atoms with Crippen molar-refractivity contribution in [2.24, 2.45) is 5.73 Å². The van der Waals surface area contributed by atoms with Crippen LogP contribution in [0.2, 0.25) is 0 Å². The summed E-state index contributed by atoms with van der Waals surface area (Å²) < 4.78 is 0. The lowest BCUT2D eigenvalue weighted by molar-refractivity contribution is -0.138. The molecular formula is C13H14N2O2S. The molecule has 1 aromatic carbocycles. The summed E-state index contributed by atoms with van der Waals surface area (Å²) in [6.45, 7) is 2.02. The molecule has 18 heavy (non-hydrogen) atoms. The number of hydrogen-bond donors (Lipinski definition) is 2. The van der Waals surface area contributed by atoms with E-state index in [1.807, 2.05) is 30.5 Å². The second-order valence-corrected chi connectivity index (χ2v) is 5.09. The molecule has 94 valence electrons. The Morgan fingerprint density at radius 2 is 2.33 bits per heavy atom. The van der Waals surface area contributed by atoms with Crippen LogP contribution < -0.4 is 5.73 Å². The van der Waals surface area contributed by atoms with Crippen molar-refractivity contribution >= 4 is 17.3 Å². The zero-order valence-electron chi connectivity index (χ0n) is 9.96. The Morgan fingerprint density at radius 1 is 1.56 bits per heavy atom. The first kappa shape index (κ1) is 12.7. The standard InChI is InChI=1S/C13H14N2O2S/c1-8-3-2-4-9(5-8)11-7-18-12(15-11)6-10(14)13(16)17/h2-5,7,10H,6,14H2,1H3,(H,16,17). The van der Waals surface area contributed by atoms with Crippen LogP contribution in [0.15, 0.2) is 29.6 Å². The Bertz CT molecular complexity index is 566. The van der Waals surface area contributed by atoms with Gasteiger partial charge >= 0.3 is 5.97 Å². The molecular weight excluding hydrogens is 248 g/mol. The molecule has 0 aliphatic rings. The van der Waals surface area contributed by atoms with Crippen LogP contribution in [0.4, 0.5) is 0 Å². The predicted molar refractivity (Wildman–Crippen MR) is 71.6 cm³/mol. The van der Waals surface area contributed by atoms with Gasteiger partial charge in [-0.1, -0.05) is 23.8 Å². The van der Waals surface area contributed by atoms with E-state index in [0.29, 0.717) is 0 Å². The average molecular weight is 262 g/mol. The summed E-state index contributed by atoms with van der Waals surface area (Å²) in [4.78, 5) is 15.1. The number of hydrogen-bond acceptors (Lipinski definition) is 4. The van der Waals surface area contributed by atoms with Crippen molar-refractivity contribution in [3.8, 4) is 11.3 Å². The van der Waals surface area contributed by atoms with Gasteiger partial charge in [0.25, 0.3) is 0 Å². The molecule has 2 rings (SSSR count). The second kappa shape index (κ2) is 5.29. The molecule has 0 amide bonds. The molecule has 1 unspecified atom stereocenters. The summed E-state index contributed by atoms with van der Waals surface area (Å²) in [6, 6.07) is 7.16. The minimum atomic E-state index is -0.998. The van der Waals surface area contributed by atoms with Gasteiger partial charge in [-0.15, -0.1) is 11.3 Å². The zero-order valence-corrected chi connectivity index (χ0v) is 10.8. The van der Waals surface area contributed by atoms with E-state index in [1.165, 1.54) is 16.9 Å². The van der Waals surface area contributed by atoms with Gasteiger partial charge < -0.3 is 10.8 Å². The van der Waals surface area contributed by atoms with Crippen LogP contribution in [-0.4, -0.2) is 22.1 Å². The van der Waals surface area contributed by atoms with Gasteiger partial charge in [-0.3, -0.25) is 4.79 Å². The Morgan fingerprint density at radius 3 is 3.00 bits per heavy atom. The van der Waals surface area contributed by atoms with Crippen molar-refractivity contribution in [3.63, 3.8) is 0 Å². The molecule has 1 heterocycles. The highest BCUT2D eigenvalue weighted by Gasteiger charge is 2.14. The number of thiazole rings is 1. The van der Waals surface area contributed by atoms with Gasteiger partial charge in [0.2, 0.25) is 0 Å². The van der Waals surface area contributed by atoms with E-state index < -0.39 is 12.0 Å². The van der Waals surface area contributed by atoms with Crippen LogP contribution in [0.3, 0.4) is 0 Å². The van der Waals surface area contributed by atoms with Gasteiger partial charge in [-0.25, -0.2) is 4.98 Å². The predicted octanol–water partition coefficient (Wildman–Crippen LogP) is 2.07. The summed E-state index contributed by atoms with van der Waals surface area (Å²) in [5, 5.41) is 11.4. The SMILES string of the molecule is Cc1cccc(-c2csc(CC(N)C(=O)O)n2)c1. The van der Waals surface area contributed by atoms with E-state index in [9.17, 15) is 4.79 Å². The third kappa shape index (κ3) is 2.94. The molecule has 4 nitrogen and oxygen atoms in total. The first-order valence-electron chi connectivity index (χ1n) is 5.56. The van der Waals surface area contributed by atoms with Crippen molar-refractivity contribution in [2.45, 2.75) is 19.4 Å². The Hall–Kier alpha value is -1.72. The number of carboxylic acid groups (broad SMARTS) is 1. The molecule has 0 saturated heterocycles. The molecule has 5 heteroatoms. The number of carboxylic acids is 1. The number of nitrogens with zero attached hydrogens (tertiary/aromatic N) is 1. The number of aromatic nitrogens is 1. The normalized spacial score (nSPS) is 12.3. The fraction of sp³-hybridized carbons (Fsp3) is 0.231. The number of aliphatic carboxylic acids is 1. The summed E-state index contributed by atoms with van der Waals surface area (Å²) in [5.74, 6) is -0.998. The highest BCUT2D eigenvalue weighted by molar-refractivity contribution is 7.10. The maximum atomic E-state index is 10.7. The van der Waals surface area contributed by atoms with E-state index in [0.717, 1.165) is 16.3 Å². The van der Waals surface area contributed by atoms with Gasteiger partial charge in [0.15, 0.2) is 0 Å². The maximum absolute atomic E-state index is 10.7. The van der Waals surface area contributed by atoms with Crippen LogP contribution in [0.25, 0.3) is 11.3 Å². The number of carbonyl (C=O) groups is 1. The van der Waals surface area contributed by atoms with Crippen molar-refractivity contribution in [2.75, 3.05) is 0 Å². The summed E-state index contributed by atoms with van der Waals surface area (Å²) in [5.41, 5.74) is 8.57. The third-order valence-corrected chi connectivity index (χ3v) is 3.45. The number of nitrogens with two attached hydrogens (primary N) is 1. The Labute approximate surface area is 109 Å². The molecule has 1 aromatic heterocycles. The van der Waals surface area contributed by atoms with Crippen molar-refractivity contribution in [1.82, 2.24) is 4.98 Å². The van der Waals surface area contributed by atoms with Crippen molar-refractivity contribution in [1.29, 1.82) is 0 Å². The topological polar surface area (TPSA) is 76.2 Å². The largest absolute Gasteiger partial charge is 0.480 e. The van der Waals surface area contributed by atoms with Crippen LogP contribution in [0, 0.1) is 6.92 Å². The lowest BCUT2D eigenvalue weighted by Crippen LogP contribution is -2.32. The second-order valence-electron chi connectivity index (χ2n) is 4.14. The van der Waals surface area contributed by atoms with Gasteiger partial charge in [0.1, 0.15) is 6.04 Å². The molecule has 2 aromatic rings. The molecule has 0 aliphatic heterocycles. The molecule has 0 fully saturated rings. The highest BCUT2D eigenvalue weighted by atomic mass is 32.1. The smallest absolute Gasteiger partial charge is 0.320 e. The van der Waals surface area contributed by atoms with Crippen LogP contribution in [0.1, 0.15) is 10.6 Å². The highest BCUT2D eigenvalue weighted by Crippen LogP contribution is 2.23. The quantitative estimate of drug-likeness (QED) is 0.884. The monoisotopic (exact) mass is 262 g/mol. The Balaban J connectivity index is 2.18. The summed E-state index contributed by atoms with van der Waals surface area (Å²) in [7, 11) is 0. The van der Waals surface area contributed by atoms with E-state index in [-0.39, 0.29) is 6.42 Å². The molecule has 3 N–H and O–H groups in total. The molecule has 0 spiro atoms. The van der Waals surface area contributed by atoms with Gasteiger partial charge in [-0.05, 0) is 13.0 Å². The Kier molecular flexibility index (Phi) is 3.74. The third-order valence-electron chi connectivity index (χ3n) is 2.58. The molecule has 1 atom stereocenters. The minimum absolute atomic E-state index is 0.270. The van der Waals surface area contributed by atoms with Gasteiger partial charge in [0, 0.05) is 17.4 Å². The van der Waals surface area contributed by atoms with Crippen LogP contribution in [-0.2, 0) is 11.2 Å².